The van der Waals surface area contributed by atoms with Gasteiger partial charge in [0.1, 0.15) is 14.8 Å². The van der Waals surface area contributed by atoms with Gasteiger partial charge in [0.05, 0.1) is 0 Å². The zero-order valence-corrected chi connectivity index (χ0v) is 10.3. The summed E-state index contributed by atoms with van der Waals surface area (Å²) in [6, 6.07) is 9.36. The van der Waals surface area contributed by atoms with E-state index in [-0.39, 0.29) is 12.2 Å². The van der Waals surface area contributed by atoms with Crippen LogP contribution in [0.3, 0.4) is 0 Å². The van der Waals surface area contributed by atoms with Crippen molar-refractivity contribution in [1.82, 2.24) is 0 Å². The molecule has 0 amide bonds. The second-order valence-electron chi connectivity index (χ2n) is 3.82. The molecule has 0 heterocycles. The lowest BCUT2D eigenvalue weighted by atomic mass is 10.0. The molecule has 0 aliphatic carbocycles. The van der Waals surface area contributed by atoms with Crippen LogP contribution in [0.1, 0.15) is 19.4 Å². The third kappa shape index (κ3) is 3.14. The van der Waals surface area contributed by atoms with Crippen LogP contribution in [0.2, 0.25) is 0 Å². The zero-order valence-electron chi connectivity index (χ0n) is 8.70. The molecule has 0 aromatic heterocycles. The molecule has 1 atom stereocenters. The summed E-state index contributed by atoms with van der Waals surface area (Å²) >= 11 is 0. The quantitative estimate of drug-likeness (QED) is 0.763. The molecule has 0 radical (unpaired) electrons. The summed E-state index contributed by atoms with van der Waals surface area (Å²) in [5.41, 5.74) is 0.915. The van der Waals surface area contributed by atoms with Gasteiger partial charge in [-0.1, -0.05) is 30.3 Å². The number of carbonyl (C=O) groups is 1. The average Bonchev–Trinajstić information content (AvgIpc) is 2.18. The van der Waals surface area contributed by atoms with Gasteiger partial charge in [0, 0.05) is 6.42 Å². The number of halogens is 1. The predicted octanol–water partition coefficient (Wildman–Crippen LogP) is 2.48. The smallest absolute Gasteiger partial charge is 0.156 e. The van der Waals surface area contributed by atoms with Gasteiger partial charge in [-0.05, 0) is 30.1 Å². The number of hydrogen-bond donors (Lipinski definition) is 0. The van der Waals surface area contributed by atoms with Crippen LogP contribution in [-0.4, -0.2) is 14.7 Å². The van der Waals surface area contributed by atoms with Gasteiger partial charge >= 0.3 is 0 Å². The van der Waals surface area contributed by atoms with Gasteiger partial charge < -0.3 is 0 Å². The number of ketones is 1. The van der Waals surface area contributed by atoms with Crippen molar-refractivity contribution in [3.05, 3.63) is 35.9 Å². The largest absolute Gasteiger partial charge is 0.298 e. The lowest BCUT2D eigenvalue weighted by molar-refractivity contribution is -0.120. The minimum absolute atomic E-state index is 0.109. The maximum Gasteiger partial charge on any atom is 0.156 e. The van der Waals surface area contributed by atoms with Crippen LogP contribution < -0.4 is 0 Å². The summed E-state index contributed by atoms with van der Waals surface area (Å²) in [5, 5.41) is 0. The molecule has 1 unspecified atom stereocenters. The molecule has 0 aliphatic heterocycles. The second kappa shape index (κ2) is 4.90. The van der Waals surface area contributed by atoms with E-state index in [1.807, 2.05) is 30.3 Å². The van der Waals surface area contributed by atoms with Crippen molar-refractivity contribution in [2.45, 2.75) is 25.0 Å². The zero-order chi connectivity index (χ0) is 11.5. The Hall–Kier alpha value is -0.670. The van der Waals surface area contributed by atoms with Crippen molar-refractivity contribution in [2.24, 2.45) is 0 Å². The second-order valence-corrected chi connectivity index (χ2v) is 6.13. The molecule has 0 saturated carbocycles. The van der Waals surface area contributed by atoms with E-state index in [0.29, 0.717) is 0 Å². The van der Waals surface area contributed by atoms with E-state index in [1.165, 1.54) is 0 Å². The van der Waals surface area contributed by atoms with Gasteiger partial charge in [0.15, 0.2) is 5.78 Å². The molecule has 4 heteroatoms. The number of rotatable bonds is 4. The molecule has 2 nitrogen and oxygen atoms in total. The van der Waals surface area contributed by atoms with E-state index >= 15 is 0 Å². The first-order chi connectivity index (χ1) is 6.94. The summed E-state index contributed by atoms with van der Waals surface area (Å²) < 4.78 is 10.2. The van der Waals surface area contributed by atoms with Crippen molar-refractivity contribution in [2.75, 3.05) is 0 Å². The first-order valence-corrected chi connectivity index (χ1v) is 6.57. The number of benzene rings is 1. The monoisotopic (exact) mass is 244 g/mol. The van der Waals surface area contributed by atoms with Crippen molar-refractivity contribution in [1.29, 1.82) is 0 Å². The Labute approximate surface area is 96.6 Å². The molecule has 1 aromatic rings. The van der Waals surface area contributed by atoms with E-state index in [9.17, 15) is 9.00 Å². The Balaban J connectivity index is 2.77. The summed E-state index contributed by atoms with van der Waals surface area (Å²) in [7, 11) is 3.82. The van der Waals surface area contributed by atoms with Crippen molar-refractivity contribution in [3.8, 4) is 0 Å². The highest BCUT2D eigenvalue weighted by Gasteiger charge is 2.33. The van der Waals surface area contributed by atoms with Crippen molar-refractivity contribution in [3.63, 3.8) is 0 Å². The van der Waals surface area contributed by atoms with Crippen LogP contribution in [0, 0.1) is 0 Å². The van der Waals surface area contributed by atoms with E-state index in [1.54, 1.807) is 13.8 Å². The van der Waals surface area contributed by atoms with Crippen LogP contribution in [0.15, 0.2) is 30.3 Å². The first kappa shape index (κ1) is 12.4. The van der Waals surface area contributed by atoms with Crippen molar-refractivity contribution >= 4 is 26.5 Å². The van der Waals surface area contributed by atoms with Crippen LogP contribution in [-0.2, 0) is 21.2 Å². The fourth-order valence-corrected chi connectivity index (χ4v) is 1.59. The first-order valence-electron chi connectivity index (χ1n) is 4.60. The third-order valence-electron chi connectivity index (χ3n) is 2.28. The highest BCUT2D eigenvalue weighted by molar-refractivity contribution is 8.10. The van der Waals surface area contributed by atoms with Crippen molar-refractivity contribution < 1.29 is 9.00 Å². The van der Waals surface area contributed by atoms with Gasteiger partial charge in [-0.2, -0.15) is 0 Å². The van der Waals surface area contributed by atoms with E-state index in [4.69, 9.17) is 10.7 Å². The molecule has 0 spiro atoms. The van der Waals surface area contributed by atoms with E-state index in [0.717, 1.165) is 5.56 Å². The highest BCUT2D eigenvalue weighted by Crippen LogP contribution is 2.19. The van der Waals surface area contributed by atoms with E-state index < -0.39 is 14.8 Å². The summed E-state index contributed by atoms with van der Waals surface area (Å²) in [5.74, 6) is -0.109. The number of hydrogen-bond acceptors (Lipinski definition) is 2. The Morgan fingerprint density at radius 2 is 1.87 bits per heavy atom. The summed E-state index contributed by atoms with van der Waals surface area (Å²) in [6.45, 7) is 3.20. The Kier molecular flexibility index (Phi) is 4.05. The third-order valence-corrected chi connectivity index (χ3v) is 4.47. The van der Waals surface area contributed by atoms with Gasteiger partial charge in [0.2, 0.25) is 0 Å². The summed E-state index contributed by atoms with van der Waals surface area (Å²) in [4.78, 5) is 11.8. The lowest BCUT2D eigenvalue weighted by Gasteiger charge is -2.18. The highest BCUT2D eigenvalue weighted by atomic mass is 35.7. The topological polar surface area (TPSA) is 34.1 Å². The Bertz CT molecular complexity index is 373. The molecule has 82 valence electrons. The summed E-state index contributed by atoms with van der Waals surface area (Å²) in [6.07, 6.45) is 0.270. The maximum atomic E-state index is 11.8. The molecule has 0 N–H and O–H groups in total. The lowest BCUT2D eigenvalue weighted by Crippen LogP contribution is -2.35. The standard InChI is InChI=1S/C11H13ClO2S/c1-11(2,15(12)14)10(13)8-9-6-4-3-5-7-9/h3-7H,8H2,1-2H3. The molecule has 0 fully saturated rings. The molecule has 15 heavy (non-hydrogen) atoms. The maximum absolute atomic E-state index is 11.8. The molecule has 0 aliphatic rings. The van der Waals surface area contributed by atoms with Crippen LogP contribution in [0.5, 0.6) is 0 Å². The Morgan fingerprint density at radius 3 is 2.33 bits per heavy atom. The van der Waals surface area contributed by atoms with Crippen LogP contribution in [0.25, 0.3) is 0 Å². The molecule has 0 saturated heterocycles. The van der Waals surface area contributed by atoms with Crippen LogP contribution in [0.4, 0.5) is 0 Å². The average molecular weight is 245 g/mol. The SMILES string of the molecule is CC(C)(C(=O)Cc1ccccc1)S(=O)Cl. The Morgan fingerprint density at radius 1 is 1.33 bits per heavy atom. The minimum atomic E-state index is -1.66. The van der Waals surface area contributed by atoms with Gasteiger partial charge in [0.25, 0.3) is 0 Å². The molecular formula is C11H13ClO2S. The minimum Gasteiger partial charge on any atom is -0.298 e. The van der Waals surface area contributed by atoms with Crippen LogP contribution >= 0.6 is 10.7 Å². The number of carbonyl (C=O) groups excluding carboxylic acids is 1. The van der Waals surface area contributed by atoms with E-state index in [2.05, 4.69) is 0 Å². The molecular weight excluding hydrogens is 232 g/mol. The number of Topliss-reactive ketones (excluding diaryl/α,β-unsaturated/α-hetero) is 1. The molecule has 1 aromatic carbocycles. The van der Waals surface area contributed by atoms with Gasteiger partial charge in [-0.15, -0.1) is 0 Å². The fourth-order valence-electron chi connectivity index (χ4n) is 1.08. The molecule has 1 rings (SSSR count). The molecule has 0 bridgehead atoms. The predicted molar refractivity (Wildman–Crippen MR) is 63.2 cm³/mol. The van der Waals surface area contributed by atoms with Gasteiger partial charge in [-0.3, -0.25) is 4.79 Å². The van der Waals surface area contributed by atoms with Gasteiger partial charge in [-0.25, -0.2) is 4.21 Å². The fraction of sp³-hybridized carbons (Fsp3) is 0.364. The normalized spacial score (nSPS) is 13.5.